The molecule has 0 unspecified atom stereocenters. The zero-order valence-electron chi connectivity index (χ0n) is 6.20. The number of aromatic carboxylic acids is 1. The van der Waals surface area contributed by atoms with Gasteiger partial charge >= 0.3 is 11.7 Å². The SMILES string of the molecule is Cc1c[nH]c(C(=O)O)c1[N+](=O)[O-]. The molecule has 1 rings (SSSR count). The van der Waals surface area contributed by atoms with Crippen LogP contribution in [0.3, 0.4) is 0 Å². The summed E-state index contributed by atoms with van der Waals surface area (Å²) in [4.78, 5) is 22.3. The molecule has 0 aliphatic carbocycles. The Morgan fingerprint density at radius 3 is 2.67 bits per heavy atom. The molecule has 1 aromatic heterocycles. The molecule has 1 heterocycles. The zero-order chi connectivity index (χ0) is 9.30. The summed E-state index contributed by atoms with van der Waals surface area (Å²) in [7, 11) is 0. The summed E-state index contributed by atoms with van der Waals surface area (Å²) in [5.41, 5.74) is -0.433. The van der Waals surface area contributed by atoms with Crippen molar-refractivity contribution in [1.29, 1.82) is 0 Å². The smallest absolute Gasteiger partial charge is 0.359 e. The Balaban J connectivity index is 3.31. The minimum absolute atomic E-state index is 0.317. The van der Waals surface area contributed by atoms with E-state index in [2.05, 4.69) is 4.98 Å². The van der Waals surface area contributed by atoms with Crippen LogP contribution in [0, 0.1) is 17.0 Å². The largest absolute Gasteiger partial charge is 0.476 e. The number of carboxylic acids is 1. The summed E-state index contributed by atoms with van der Waals surface area (Å²) in [6, 6.07) is 0. The summed E-state index contributed by atoms with van der Waals surface area (Å²) in [6.07, 6.45) is 1.29. The van der Waals surface area contributed by atoms with E-state index in [1.807, 2.05) is 0 Å². The number of aryl methyl sites for hydroxylation is 1. The van der Waals surface area contributed by atoms with Gasteiger partial charge in [0.1, 0.15) is 0 Å². The number of H-pyrrole nitrogens is 1. The number of nitro groups is 1. The first kappa shape index (κ1) is 8.25. The van der Waals surface area contributed by atoms with E-state index in [4.69, 9.17) is 5.11 Å². The molecular weight excluding hydrogens is 164 g/mol. The summed E-state index contributed by atoms with van der Waals surface area (Å²) >= 11 is 0. The molecule has 0 aliphatic rings. The van der Waals surface area contributed by atoms with Crippen LogP contribution in [-0.2, 0) is 0 Å². The van der Waals surface area contributed by atoms with Gasteiger partial charge in [0.15, 0.2) is 0 Å². The van der Waals surface area contributed by atoms with E-state index in [0.717, 1.165) is 0 Å². The van der Waals surface area contributed by atoms with Crippen molar-refractivity contribution >= 4 is 11.7 Å². The van der Waals surface area contributed by atoms with Crippen LogP contribution in [0.15, 0.2) is 6.20 Å². The number of carbonyl (C=O) groups is 1. The number of nitrogens with one attached hydrogen (secondary N) is 1. The van der Waals surface area contributed by atoms with Crippen LogP contribution < -0.4 is 0 Å². The Kier molecular flexibility index (Phi) is 1.82. The Bertz CT molecular complexity index is 341. The van der Waals surface area contributed by atoms with Crippen molar-refractivity contribution in [2.24, 2.45) is 0 Å². The molecule has 0 saturated carbocycles. The predicted molar refractivity (Wildman–Crippen MR) is 39.1 cm³/mol. The molecule has 0 atom stereocenters. The van der Waals surface area contributed by atoms with Crippen LogP contribution in [0.2, 0.25) is 0 Å². The maximum atomic E-state index is 10.4. The van der Waals surface area contributed by atoms with E-state index >= 15 is 0 Å². The molecule has 0 aromatic carbocycles. The second-order valence-corrected chi connectivity index (χ2v) is 2.26. The molecule has 0 fully saturated rings. The Morgan fingerprint density at radius 2 is 2.33 bits per heavy atom. The number of nitrogens with zero attached hydrogens (tertiary/aromatic N) is 1. The summed E-state index contributed by atoms with van der Waals surface area (Å²) in [6.45, 7) is 1.47. The van der Waals surface area contributed by atoms with Crippen molar-refractivity contribution in [3.63, 3.8) is 0 Å². The fraction of sp³-hybridized carbons (Fsp3) is 0.167. The van der Waals surface area contributed by atoms with Crippen LogP contribution in [0.4, 0.5) is 5.69 Å². The minimum Gasteiger partial charge on any atom is -0.476 e. The number of hydrogen-bond acceptors (Lipinski definition) is 3. The molecule has 0 saturated heterocycles. The molecule has 1 aromatic rings. The Morgan fingerprint density at radius 1 is 1.75 bits per heavy atom. The normalized spacial score (nSPS) is 9.75. The fourth-order valence-electron chi connectivity index (χ4n) is 0.913. The highest BCUT2D eigenvalue weighted by Gasteiger charge is 2.24. The first-order valence-electron chi connectivity index (χ1n) is 3.09. The van der Waals surface area contributed by atoms with Crippen molar-refractivity contribution in [3.8, 4) is 0 Å². The average Bonchev–Trinajstić information content (AvgIpc) is 2.30. The third-order valence-corrected chi connectivity index (χ3v) is 1.44. The van der Waals surface area contributed by atoms with Gasteiger partial charge in [-0.15, -0.1) is 0 Å². The number of aromatic amines is 1. The molecule has 2 N–H and O–H groups in total. The van der Waals surface area contributed by atoms with Crippen molar-refractivity contribution in [1.82, 2.24) is 4.98 Å². The van der Waals surface area contributed by atoms with Gasteiger partial charge in [0.25, 0.3) is 0 Å². The first-order chi connectivity index (χ1) is 5.54. The van der Waals surface area contributed by atoms with Crippen molar-refractivity contribution < 1.29 is 14.8 Å². The van der Waals surface area contributed by atoms with Crippen molar-refractivity contribution in [3.05, 3.63) is 27.6 Å². The van der Waals surface area contributed by atoms with Crippen molar-refractivity contribution in [2.75, 3.05) is 0 Å². The summed E-state index contributed by atoms with van der Waals surface area (Å²) in [5, 5.41) is 18.8. The molecule has 64 valence electrons. The first-order valence-corrected chi connectivity index (χ1v) is 3.09. The van der Waals surface area contributed by atoms with Gasteiger partial charge in [-0.3, -0.25) is 10.1 Å². The van der Waals surface area contributed by atoms with Crippen LogP contribution in [-0.4, -0.2) is 21.0 Å². The second-order valence-electron chi connectivity index (χ2n) is 2.26. The van der Waals surface area contributed by atoms with Gasteiger partial charge in [0.2, 0.25) is 5.69 Å². The molecule has 12 heavy (non-hydrogen) atoms. The lowest BCUT2D eigenvalue weighted by atomic mass is 10.3. The number of hydrogen-bond donors (Lipinski definition) is 2. The number of carboxylic acid groups (broad SMARTS) is 1. The third-order valence-electron chi connectivity index (χ3n) is 1.44. The van der Waals surface area contributed by atoms with Gasteiger partial charge in [0, 0.05) is 11.8 Å². The maximum absolute atomic E-state index is 10.4. The number of aromatic nitrogens is 1. The molecule has 6 nitrogen and oxygen atoms in total. The van der Waals surface area contributed by atoms with Crippen LogP contribution >= 0.6 is 0 Å². The topological polar surface area (TPSA) is 96.2 Å². The van der Waals surface area contributed by atoms with E-state index in [9.17, 15) is 14.9 Å². The maximum Gasteiger partial charge on any atom is 0.359 e. The average molecular weight is 170 g/mol. The van der Waals surface area contributed by atoms with E-state index < -0.39 is 10.9 Å². The molecule has 0 bridgehead atoms. The molecular formula is C6H6N2O4. The minimum atomic E-state index is -1.32. The second kappa shape index (κ2) is 2.65. The lowest BCUT2D eigenvalue weighted by molar-refractivity contribution is -0.385. The monoisotopic (exact) mass is 170 g/mol. The third kappa shape index (κ3) is 1.14. The van der Waals surface area contributed by atoms with Crippen LogP contribution in [0.1, 0.15) is 16.1 Å². The van der Waals surface area contributed by atoms with Gasteiger partial charge in [-0.2, -0.15) is 0 Å². The van der Waals surface area contributed by atoms with E-state index in [0.29, 0.717) is 5.56 Å². The predicted octanol–water partition coefficient (Wildman–Crippen LogP) is 0.930. The van der Waals surface area contributed by atoms with Crippen LogP contribution in [0.25, 0.3) is 0 Å². The highest BCUT2D eigenvalue weighted by molar-refractivity contribution is 5.91. The van der Waals surface area contributed by atoms with Gasteiger partial charge < -0.3 is 10.1 Å². The quantitative estimate of drug-likeness (QED) is 0.509. The highest BCUT2D eigenvalue weighted by Crippen LogP contribution is 2.21. The van der Waals surface area contributed by atoms with Gasteiger partial charge in [-0.1, -0.05) is 0 Å². The number of rotatable bonds is 2. The van der Waals surface area contributed by atoms with Crippen LogP contribution in [0.5, 0.6) is 0 Å². The molecule has 0 radical (unpaired) electrons. The zero-order valence-corrected chi connectivity index (χ0v) is 6.20. The summed E-state index contributed by atoms with van der Waals surface area (Å²) in [5.74, 6) is -1.32. The molecule has 6 heteroatoms. The van der Waals surface area contributed by atoms with Gasteiger partial charge in [0.05, 0.1) is 4.92 Å². The molecule has 0 spiro atoms. The lowest BCUT2D eigenvalue weighted by Crippen LogP contribution is -2.01. The Hall–Kier alpha value is -1.85. The molecule has 0 aliphatic heterocycles. The van der Waals surface area contributed by atoms with E-state index in [1.165, 1.54) is 13.1 Å². The van der Waals surface area contributed by atoms with E-state index in [1.54, 1.807) is 0 Å². The molecule has 0 amide bonds. The van der Waals surface area contributed by atoms with E-state index in [-0.39, 0.29) is 11.4 Å². The summed E-state index contributed by atoms with van der Waals surface area (Å²) < 4.78 is 0. The lowest BCUT2D eigenvalue weighted by Gasteiger charge is -1.90. The van der Waals surface area contributed by atoms with Gasteiger partial charge in [-0.25, -0.2) is 4.79 Å². The highest BCUT2D eigenvalue weighted by atomic mass is 16.6. The standard InChI is InChI=1S/C6H6N2O4/c1-3-2-7-4(6(9)10)5(3)8(11)12/h2,7H,1H3,(H,9,10). The van der Waals surface area contributed by atoms with Gasteiger partial charge in [-0.05, 0) is 6.92 Å². The fourth-order valence-corrected chi connectivity index (χ4v) is 0.913. The Labute approximate surface area is 67.0 Å². The van der Waals surface area contributed by atoms with Crippen molar-refractivity contribution in [2.45, 2.75) is 6.92 Å².